The Hall–Kier alpha value is -1.66. The molecular weight excluding hydrogens is 264 g/mol. The number of nitrogens with two attached hydrogens (primary N) is 1. The number of benzene rings is 1. The van der Waals surface area contributed by atoms with Crippen LogP contribution in [-0.2, 0) is 10.0 Å². The molecule has 0 heterocycles. The first-order valence-corrected chi connectivity index (χ1v) is 7.43. The van der Waals surface area contributed by atoms with Crippen LogP contribution in [0, 0.1) is 6.92 Å². The maximum Gasteiger partial charge on any atom is 0.251 e. The molecule has 1 amide bonds. The molecule has 1 aromatic carbocycles. The van der Waals surface area contributed by atoms with Gasteiger partial charge in [0.05, 0.1) is 4.90 Å². The number of rotatable bonds is 6. The predicted molar refractivity (Wildman–Crippen MR) is 74.3 cm³/mol. The maximum absolute atomic E-state index is 11.9. The van der Waals surface area contributed by atoms with Gasteiger partial charge in [-0.3, -0.25) is 4.79 Å². The van der Waals surface area contributed by atoms with Crippen molar-refractivity contribution in [3.63, 3.8) is 0 Å². The van der Waals surface area contributed by atoms with Crippen LogP contribution in [0.5, 0.6) is 0 Å². The third-order valence-electron chi connectivity index (χ3n) is 2.64. The van der Waals surface area contributed by atoms with Crippen LogP contribution < -0.4 is 10.5 Å². The molecule has 0 radical (unpaired) electrons. The Morgan fingerprint density at radius 1 is 1.47 bits per heavy atom. The molecule has 6 heteroatoms. The average Bonchev–Trinajstić information content (AvgIpc) is 2.33. The molecule has 104 valence electrons. The summed E-state index contributed by atoms with van der Waals surface area (Å²) in [6.45, 7) is 5.83. The average molecular weight is 282 g/mol. The minimum Gasteiger partial charge on any atom is -0.352 e. The smallest absolute Gasteiger partial charge is 0.251 e. The number of primary sulfonamides is 1. The zero-order valence-electron chi connectivity index (χ0n) is 10.8. The molecule has 3 N–H and O–H groups in total. The number of hydrogen-bond donors (Lipinski definition) is 2. The molecular formula is C13H18N2O3S. The van der Waals surface area contributed by atoms with Gasteiger partial charge in [0.25, 0.3) is 5.91 Å². The lowest BCUT2D eigenvalue weighted by Gasteiger charge is -2.08. The van der Waals surface area contributed by atoms with Crippen molar-refractivity contribution in [2.75, 3.05) is 6.54 Å². The Labute approximate surface area is 113 Å². The number of hydrogen-bond acceptors (Lipinski definition) is 3. The Kier molecular flexibility index (Phi) is 5.26. The van der Waals surface area contributed by atoms with Crippen molar-refractivity contribution >= 4 is 15.9 Å². The van der Waals surface area contributed by atoms with Gasteiger partial charge in [0, 0.05) is 12.1 Å². The second-order valence-electron chi connectivity index (χ2n) is 4.21. The minimum absolute atomic E-state index is 0.00760. The van der Waals surface area contributed by atoms with E-state index in [-0.39, 0.29) is 10.8 Å². The molecule has 0 aliphatic rings. The van der Waals surface area contributed by atoms with Gasteiger partial charge in [-0.15, -0.1) is 6.58 Å². The number of nitrogens with one attached hydrogen (secondary N) is 1. The fraction of sp³-hybridized carbons (Fsp3) is 0.308. The van der Waals surface area contributed by atoms with E-state index in [0.29, 0.717) is 17.7 Å². The lowest BCUT2D eigenvalue weighted by atomic mass is 10.1. The largest absolute Gasteiger partial charge is 0.352 e. The Morgan fingerprint density at radius 2 is 2.16 bits per heavy atom. The summed E-state index contributed by atoms with van der Waals surface area (Å²) in [5.74, 6) is -0.220. The Bertz CT molecular complexity index is 580. The Morgan fingerprint density at radius 3 is 2.68 bits per heavy atom. The third kappa shape index (κ3) is 4.50. The van der Waals surface area contributed by atoms with Crippen LogP contribution in [0.25, 0.3) is 0 Å². The number of aryl methyl sites for hydroxylation is 1. The quantitative estimate of drug-likeness (QED) is 0.609. The Balaban J connectivity index is 2.79. The fourth-order valence-electron chi connectivity index (χ4n) is 1.61. The van der Waals surface area contributed by atoms with Crippen LogP contribution >= 0.6 is 0 Å². The molecule has 0 aliphatic carbocycles. The van der Waals surface area contributed by atoms with E-state index in [1.54, 1.807) is 13.0 Å². The molecule has 0 aromatic heterocycles. The van der Waals surface area contributed by atoms with Crippen LogP contribution in [-0.4, -0.2) is 20.9 Å². The van der Waals surface area contributed by atoms with Gasteiger partial charge in [0.15, 0.2) is 0 Å². The van der Waals surface area contributed by atoms with Crippen LogP contribution in [0.4, 0.5) is 0 Å². The second kappa shape index (κ2) is 6.49. The van der Waals surface area contributed by atoms with E-state index in [0.717, 1.165) is 12.8 Å². The zero-order valence-corrected chi connectivity index (χ0v) is 11.7. The first-order chi connectivity index (χ1) is 8.86. The summed E-state index contributed by atoms with van der Waals surface area (Å²) in [5, 5.41) is 7.79. The molecule has 0 saturated heterocycles. The van der Waals surface area contributed by atoms with Crippen molar-refractivity contribution < 1.29 is 13.2 Å². The molecule has 0 fully saturated rings. The molecule has 5 nitrogen and oxygen atoms in total. The van der Waals surface area contributed by atoms with Crippen molar-refractivity contribution in [3.8, 4) is 0 Å². The number of sulfonamides is 1. The first-order valence-electron chi connectivity index (χ1n) is 5.89. The molecule has 19 heavy (non-hydrogen) atoms. The van der Waals surface area contributed by atoms with E-state index < -0.39 is 10.0 Å². The van der Waals surface area contributed by atoms with Gasteiger partial charge in [-0.1, -0.05) is 6.08 Å². The van der Waals surface area contributed by atoms with Crippen LogP contribution in [0.15, 0.2) is 35.7 Å². The van der Waals surface area contributed by atoms with E-state index >= 15 is 0 Å². The molecule has 0 saturated carbocycles. The highest BCUT2D eigenvalue weighted by atomic mass is 32.2. The summed E-state index contributed by atoms with van der Waals surface area (Å²) in [6, 6.07) is 4.20. The van der Waals surface area contributed by atoms with Gasteiger partial charge < -0.3 is 5.32 Å². The normalized spacial score (nSPS) is 11.1. The lowest BCUT2D eigenvalue weighted by molar-refractivity contribution is 0.0952. The summed E-state index contributed by atoms with van der Waals surface area (Å²) in [7, 11) is -3.73. The van der Waals surface area contributed by atoms with Crippen molar-refractivity contribution in [1.82, 2.24) is 5.32 Å². The molecule has 0 unspecified atom stereocenters. The summed E-state index contributed by atoms with van der Waals surface area (Å²) in [6.07, 6.45) is 3.45. The highest BCUT2D eigenvalue weighted by molar-refractivity contribution is 7.89. The highest BCUT2D eigenvalue weighted by Gasteiger charge is 2.13. The zero-order chi connectivity index (χ0) is 14.5. The standard InChI is InChI=1S/C13H18N2O3S/c1-3-4-5-8-15-13(16)12-7-6-11(9-10(12)2)19(14,17)18/h3,6-7,9H,1,4-5,8H2,2H3,(H,15,16)(H2,14,17,18). The van der Waals surface area contributed by atoms with E-state index in [2.05, 4.69) is 11.9 Å². The van der Waals surface area contributed by atoms with Gasteiger partial charge in [-0.25, -0.2) is 13.6 Å². The van der Waals surface area contributed by atoms with E-state index in [9.17, 15) is 13.2 Å². The molecule has 0 atom stereocenters. The van der Waals surface area contributed by atoms with Crippen molar-refractivity contribution in [3.05, 3.63) is 42.0 Å². The van der Waals surface area contributed by atoms with Crippen molar-refractivity contribution in [1.29, 1.82) is 0 Å². The number of carbonyl (C=O) groups excluding carboxylic acids is 1. The van der Waals surface area contributed by atoms with Crippen molar-refractivity contribution in [2.24, 2.45) is 5.14 Å². The van der Waals surface area contributed by atoms with E-state index in [1.807, 2.05) is 0 Å². The first kappa shape index (κ1) is 15.4. The van der Waals surface area contributed by atoms with Gasteiger partial charge in [0.2, 0.25) is 10.0 Å². The summed E-state index contributed by atoms with van der Waals surface area (Å²) < 4.78 is 22.4. The van der Waals surface area contributed by atoms with E-state index in [1.165, 1.54) is 18.2 Å². The fourth-order valence-corrected chi connectivity index (χ4v) is 2.21. The van der Waals surface area contributed by atoms with Gasteiger partial charge in [0.1, 0.15) is 0 Å². The molecule has 0 spiro atoms. The summed E-state index contributed by atoms with van der Waals surface area (Å²) in [4.78, 5) is 11.9. The SMILES string of the molecule is C=CCCCNC(=O)c1ccc(S(N)(=O)=O)cc1C. The summed E-state index contributed by atoms with van der Waals surface area (Å²) >= 11 is 0. The number of allylic oxidation sites excluding steroid dienone is 1. The number of carbonyl (C=O) groups is 1. The van der Waals surface area contributed by atoms with Gasteiger partial charge in [-0.2, -0.15) is 0 Å². The maximum atomic E-state index is 11.9. The van der Waals surface area contributed by atoms with Gasteiger partial charge in [-0.05, 0) is 43.5 Å². The minimum atomic E-state index is -3.73. The molecule has 1 rings (SSSR count). The van der Waals surface area contributed by atoms with E-state index in [4.69, 9.17) is 5.14 Å². The lowest BCUT2D eigenvalue weighted by Crippen LogP contribution is -2.25. The molecule has 0 aliphatic heterocycles. The third-order valence-corrected chi connectivity index (χ3v) is 3.55. The van der Waals surface area contributed by atoms with Crippen LogP contribution in [0.1, 0.15) is 28.8 Å². The molecule has 1 aromatic rings. The monoisotopic (exact) mass is 282 g/mol. The molecule has 0 bridgehead atoms. The number of amides is 1. The van der Waals surface area contributed by atoms with Crippen LogP contribution in [0.2, 0.25) is 0 Å². The van der Waals surface area contributed by atoms with Crippen molar-refractivity contribution in [2.45, 2.75) is 24.7 Å². The van der Waals surface area contributed by atoms with Gasteiger partial charge >= 0.3 is 0 Å². The number of unbranched alkanes of at least 4 members (excludes halogenated alkanes) is 1. The van der Waals surface area contributed by atoms with Crippen LogP contribution in [0.3, 0.4) is 0 Å². The predicted octanol–water partition coefficient (Wildman–Crippen LogP) is 1.34. The highest BCUT2D eigenvalue weighted by Crippen LogP contribution is 2.14. The summed E-state index contributed by atoms with van der Waals surface area (Å²) in [5.41, 5.74) is 1.03. The topological polar surface area (TPSA) is 89.3 Å². The second-order valence-corrected chi connectivity index (χ2v) is 5.77.